The van der Waals surface area contributed by atoms with Gasteiger partial charge in [0.2, 0.25) is 0 Å². The molecule has 5 heteroatoms. The summed E-state index contributed by atoms with van der Waals surface area (Å²) < 4.78 is 16.3. The van der Waals surface area contributed by atoms with E-state index in [1.165, 1.54) is 11.8 Å². The molecule has 0 spiro atoms. The van der Waals surface area contributed by atoms with E-state index in [4.69, 9.17) is 12.5 Å². The normalized spacial score (nSPS) is 33.2. The van der Waals surface area contributed by atoms with Gasteiger partial charge < -0.3 is 0 Å². The Morgan fingerprint density at radius 1 is 1.40 bits per heavy atom. The fraction of sp³-hybridized carbons (Fsp3) is 0.667. The van der Waals surface area contributed by atoms with Gasteiger partial charge >= 0.3 is 131 Å². The first-order chi connectivity index (χ1) is 9.60. The summed E-state index contributed by atoms with van der Waals surface area (Å²) >= 11 is -0.666. The predicted molar refractivity (Wildman–Crippen MR) is 71.5 cm³/mol. The number of allylic oxidation sites excluding steroid dienone is 2. The molecule has 0 radical (unpaired) electrons. The van der Waals surface area contributed by atoms with Crippen LogP contribution in [0.2, 0.25) is 0 Å². The molecule has 0 aromatic heterocycles. The third-order valence-corrected chi connectivity index (χ3v) is 5.98. The first-order valence-electron chi connectivity index (χ1n) is 6.94. The number of alkyl halides is 1. The van der Waals surface area contributed by atoms with E-state index in [1.807, 2.05) is 0 Å². The molecule has 1 fully saturated rings. The third kappa shape index (κ3) is 4.30. The van der Waals surface area contributed by atoms with Gasteiger partial charge in [0.1, 0.15) is 0 Å². The molecule has 20 heavy (non-hydrogen) atoms. The van der Waals surface area contributed by atoms with Gasteiger partial charge in [-0.05, 0) is 0 Å². The van der Waals surface area contributed by atoms with E-state index in [-0.39, 0.29) is 22.1 Å². The van der Waals surface area contributed by atoms with E-state index >= 15 is 0 Å². The van der Waals surface area contributed by atoms with Crippen molar-refractivity contribution in [2.75, 3.05) is 7.11 Å². The summed E-state index contributed by atoms with van der Waals surface area (Å²) in [6.45, 7) is 4.27. The third-order valence-electron chi connectivity index (χ3n) is 3.56. The van der Waals surface area contributed by atoms with Gasteiger partial charge in [0.05, 0.1) is 0 Å². The monoisotopic (exact) mass is 393 g/mol. The van der Waals surface area contributed by atoms with Crippen molar-refractivity contribution in [3.05, 3.63) is 24.0 Å². The standard InChI is InChI=1S/C15H22IO4/c1-10(2)8-11-4-5-13(14(9-11)18-3)20-16-12-6-7-19-15(12)17/h6-8,11-14H,4-5,9H2,1-3H3/q-1/t11?,12?,13?,14-/m1/s1. The molecule has 2 rings (SSSR count). The van der Waals surface area contributed by atoms with Crippen LogP contribution < -0.4 is 21.6 Å². The second-order valence-electron chi connectivity index (χ2n) is 5.48. The van der Waals surface area contributed by atoms with Crippen molar-refractivity contribution < 1.29 is 39.0 Å². The minimum absolute atomic E-state index is 0.122. The Kier molecular flexibility index (Phi) is 6.04. The molecule has 1 aliphatic carbocycles. The summed E-state index contributed by atoms with van der Waals surface area (Å²) in [6, 6.07) is 0. The summed E-state index contributed by atoms with van der Waals surface area (Å²) in [5.74, 6) is 0.407. The van der Waals surface area contributed by atoms with Crippen LogP contribution in [0.3, 0.4) is 0 Å². The molecule has 1 heterocycles. The number of carbonyl (C=O) groups is 1. The zero-order valence-electron chi connectivity index (χ0n) is 12.2. The molecular formula is C15H22IO4-. The molecule has 4 atom stereocenters. The number of carbonyl (C=O) groups excluding carboxylic acids is 1. The Hall–Kier alpha value is -0.400. The van der Waals surface area contributed by atoms with Crippen molar-refractivity contribution in [2.45, 2.75) is 49.2 Å². The number of ether oxygens (including phenoxy) is 2. The first kappa shape index (κ1) is 16.0. The Labute approximate surface area is 131 Å². The van der Waals surface area contributed by atoms with Crippen molar-refractivity contribution >= 4 is 5.97 Å². The Balaban J connectivity index is 1.84. The fourth-order valence-electron chi connectivity index (χ4n) is 2.61. The average Bonchev–Trinajstić information content (AvgIpc) is 2.82. The molecule has 1 aliphatic heterocycles. The number of hydrogen-bond acceptors (Lipinski definition) is 4. The van der Waals surface area contributed by atoms with Gasteiger partial charge in [-0.25, -0.2) is 0 Å². The van der Waals surface area contributed by atoms with Crippen molar-refractivity contribution in [1.82, 2.24) is 0 Å². The summed E-state index contributed by atoms with van der Waals surface area (Å²) in [5, 5.41) is 0. The topological polar surface area (TPSA) is 44.8 Å². The molecule has 2 aliphatic rings. The zero-order chi connectivity index (χ0) is 14.5. The predicted octanol–water partition coefficient (Wildman–Crippen LogP) is -0.404. The maximum atomic E-state index is 11.4. The molecule has 0 bridgehead atoms. The van der Waals surface area contributed by atoms with Gasteiger partial charge in [0.25, 0.3) is 0 Å². The van der Waals surface area contributed by atoms with Gasteiger partial charge in [0.15, 0.2) is 0 Å². The number of cyclic esters (lactones) is 1. The van der Waals surface area contributed by atoms with E-state index in [0.717, 1.165) is 19.3 Å². The van der Waals surface area contributed by atoms with Crippen LogP contribution in [0.5, 0.6) is 0 Å². The van der Waals surface area contributed by atoms with Crippen LogP contribution >= 0.6 is 0 Å². The van der Waals surface area contributed by atoms with E-state index < -0.39 is 21.6 Å². The van der Waals surface area contributed by atoms with Crippen molar-refractivity contribution in [3.63, 3.8) is 0 Å². The summed E-state index contributed by atoms with van der Waals surface area (Å²) in [7, 11) is 1.74. The average molecular weight is 393 g/mol. The van der Waals surface area contributed by atoms with Gasteiger partial charge in [-0.15, -0.1) is 0 Å². The van der Waals surface area contributed by atoms with E-state index in [1.54, 1.807) is 13.2 Å². The van der Waals surface area contributed by atoms with E-state index in [9.17, 15) is 4.79 Å². The van der Waals surface area contributed by atoms with Crippen molar-refractivity contribution in [3.8, 4) is 0 Å². The number of hydrogen-bond donors (Lipinski definition) is 0. The summed E-state index contributed by atoms with van der Waals surface area (Å²) in [6.07, 6.45) is 8.97. The molecular weight excluding hydrogens is 371 g/mol. The molecule has 3 unspecified atom stereocenters. The molecule has 0 saturated heterocycles. The molecule has 1 saturated carbocycles. The molecule has 0 amide bonds. The number of halogens is 1. The van der Waals surface area contributed by atoms with Crippen molar-refractivity contribution in [2.24, 2.45) is 5.92 Å². The Morgan fingerprint density at radius 3 is 2.80 bits per heavy atom. The molecule has 4 nitrogen and oxygen atoms in total. The molecule has 0 aromatic rings. The van der Waals surface area contributed by atoms with Crippen LogP contribution in [0.15, 0.2) is 24.0 Å². The van der Waals surface area contributed by atoms with E-state index in [2.05, 4.69) is 19.9 Å². The second kappa shape index (κ2) is 7.56. The van der Waals surface area contributed by atoms with Gasteiger partial charge in [0, 0.05) is 0 Å². The summed E-state index contributed by atoms with van der Waals surface area (Å²) in [5.41, 5.74) is 1.36. The SMILES string of the molecule is CO[C@@H]1CC(C=C(C)C)CCC1O[I-]C1C=COC1=O. The van der Waals surface area contributed by atoms with Gasteiger partial charge in [-0.1, -0.05) is 0 Å². The van der Waals surface area contributed by atoms with Gasteiger partial charge in [-0.2, -0.15) is 0 Å². The van der Waals surface area contributed by atoms with Gasteiger partial charge in [-0.3, -0.25) is 0 Å². The molecule has 0 aromatic carbocycles. The Bertz CT molecular complexity index is 401. The van der Waals surface area contributed by atoms with Crippen molar-refractivity contribution in [1.29, 1.82) is 0 Å². The number of rotatable bonds is 5. The fourth-order valence-corrected chi connectivity index (χ4v) is 4.58. The van der Waals surface area contributed by atoms with E-state index in [0.29, 0.717) is 5.92 Å². The van der Waals surface area contributed by atoms with Crippen LogP contribution in [0.25, 0.3) is 0 Å². The molecule has 0 N–H and O–H groups in total. The zero-order valence-corrected chi connectivity index (χ0v) is 14.3. The van der Waals surface area contributed by atoms with Crippen LogP contribution in [0.1, 0.15) is 33.1 Å². The second-order valence-corrected chi connectivity index (χ2v) is 7.83. The van der Waals surface area contributed by atoms with Crippen LogP contribution in [0.4, 0.5) is 0 Å². The Morgan fingerprint density at radius 2 is 2.20 bits per heavy atom. The number of methoxy groups -OCH3 is 1. The van der Waals surface area contributed by atoms with Crippen LogP contribution in [-0.2, 0) is 17.3 Å². The number of esters is 1. The minimum atomic E-state index is -0.666. The van der Waals surface area contributed by atoms with Crippen LogP contribution in [0, 0.1) is 5.92 Å². The first-order valence-corrected chi connectivity index (χ1v) is 9.07. The van der Waals surface area contributed by atoms with Crippen LogP contribution in [-0.4, -0.2) is 29.2 Å². The molecule has 114 valence electrons. The maximum absolute atomic E-state index is 11.4. The summed E-state index contributed by atoms with van der Waals surface area (Å²) in [4.78, 5) is 11.4. The quantitative estimate of drug-likeness (QED) is 0.276.